The minimum absolute atomic E-state index is 0.551. The number of rotatable bonds is 8. The molecule has 170 valence electrons. The molecule has 1 fully saturated rings. The van der Waals surface area contributed by atoms with Crippen LogP contribution < -0.4 is 14.8 Å². The van der Waals surface area contributed by atoms with E-state index in [9.17, 15) is 0 Å². The molecule has 0 bridgehead atoms. The zero-order chi connectivity index (χ0) is 22.5. The highest BCUT2D eigenvalue weighted by Gasteiger charge is 2.11. The quantitative estimate of drug-likeness (QED) is 0.413. The van der Waals surface area contributed by atoms with E-state index in [2.05, 4.69) is 20.3 Å². The summed E-state index contributed by atoms with van der Waals surface area (Å²) in [6, 6.07) is 21.9. The maximum absolute atomic E-state index is 5.93. The molecule has 1 saturated heterocycles. The van der Waals surface area contributed by atoms with E-state index < -0.39 is 0 Å². The Labute approximate surface area is 194 Å². The van der Waals surface area contributed by atoms with Crippen molar-refractivity contribution in [3.8, 4) is 22.8 Å². The van der Waals surface area contributed by atoms with Gasteiger partial charge < -0.3 is 14.8 Å². The summed E-state index contributed by atoms with van der Waals surface area (Å²) in [5.74, 6) is 2.25. The summed E-state index contributed by atoms with van der Waals surface area (Å²) in [6.07, 6.45) is 3.97. The molecule has 1 N–H and O–H groups in total. The number of fused-ring (bicyclic) bond motifs is 1. The largest absolute Gasteiger partial charge is 0.497 e. The van der Waals surface area contributed by atoms with Crippen LogP contribution in [0.4, 0.5) is 11.6 Å². The molecule has 33 heavy (non-hydrogen) atoms. The monoisotopic (exact) mass is 443 g/mol. The second-order valence-electron chi connectivity index (χ2n) is 8.25. The summed E-state index contributed by atoms with van der Waals surface area (Å²) in [5.41, 5.74) is 3.71. The molecule has 0 aliphatic carbocycles. The van der Waals surface area contributed by atoms with E-state index in [4.69, 9.17) is 9.47 Å². The van der Waals surface area contributed by atoms with Crippen molar-refractivity contribution in [2.24, 2.45) is 0 Å². The summed E-state index contributed by atoms with van der Waals surface area (Å²) in [4.78, 5) is 7.11. The molecule has 0 unspecified atom stereocenters. The van der Waals surface area contributed by atoms with Crippen molar-refractivity contribution in [2.75, 3.05) is 38.7 Å². The van der Waals surface area contributed by atoms with Crippen molar-refractivity contribution in [1.82, 2.24) is 19.5 Å². The third-order valence-corrected chi connectivity index (χ3v) is 5.98. The van der Waals surface area contributed by atoms with Crippen LogP contribution in [-0.2, 0) is 0 Å². The molecule has 4 aromatic rings. The molecule has 5 rings (SSSR count). The molecular weight excluding hydrogens is 414 g/mol. The molecule has 7 nitrogen and oxygen atoms in total. The molecule has 0 radical (unpaired) electrons. The number of hydrogen-bond acceptors (Lipinski definition) is 6. The maximum atomic E-state index is 5.93. The molecule has 2 aromatic carbocycles. The molecule has 3 heterocycles. The number of hydrogen-bond donors (Lipinski definition) is 1. The number of methoxy groups -OCH3 is 1. The van der Waals surface area contributed by atoms with Crippen molar-refractivity contribution >= 4 is 17.3 Å². The van der Waals surface area contributed by atoms with Gasteiger partial charge in [0.05, 0.1) is 12.8 Å². The molecule has 0 amide bonds. The number of anilines is 2. The Morgan fingerprint density at radius 1 is 0.879 bits per heavy atom. The zero-order valence-electron chi connectivity index (χ0n) is 18.9. The van der Waals surface area contributed by atoms with Crippen molar-refractivity contribution in [1.29, 1.82) is 0 Å². The minimum atomic E-state index is 0.551. The Kier molecular flexibility index (Phi) is 6.39. The molecule has 0 saturated carbocycles. The molecular formula is C26H29N5O2. The standard InChI is InChI=1S/C26H29N5O2/c1-32-22-12-8-20(9-13-22)24-6-5-7-25-28-26(29-31(24)25)27-21-10-14-23(15-11-21)33-19-18-30-16-3-2-4-17-30/h5-15H,2-4,16-19H2,1H3,(H,27,29). The SMILES string of the molecule is COc1ccc(-c2cccc3nc(Nc4ccc(OCCN5CCCCC5)cc4)nn23)cc1. The fraction of sp³-hybridized carbons (Fsp3) is 0.308. The lowest BCUT2D eigenvalue weighted by Crippen LogP contribution is -2.33. The third kappa shape index (κ3) is 5.09. The van der Waals surface area contributed by atoms with Gasteiger partial charge in [0.2, 0.25) is 5.95 Å². The summed E-state index contributed by atoms with van der Waals surface area (Å²) in [7, 11) is 1.67. The predicted molar refractivity (Wildman–Crippen MR) is 130 cm³/mol. The fourth-order valence-corrected chi connectivity index (χ4v) is 4.18. The van der Waals surface area contributed by atoms with Crippen LogP contribution in [0.5, 0.6) is 11.5 Å². The van der Waals surface area contributed by atoms with Gasteiger partial charge in [-0.3, -0.25) is 4.90 Å². The van der Waals surface area contributed by atoms with Crippen LogP contribution in [0.15, 0.2) is 66.7 Å². The Bertz CT molecular complexity index is 1180. The first-order valence-electron chi connectivity index (χ1n) is 11.5. The van der Waals surface area contributed by atoms with E-state index in [0.29, 0.717) is 5.95 Å². The molecule has 1 aliphatic rings. The van der Waals surface area contributed by atoms with E-state index >= 15 is 0 Å². The third-order valence-electron chi connectivity index (χ3n) is 5.98. The molecule has 0 spiro atoms. The number of benzene rings is 2. The van der Waals surface area contributed by atoms with Gasteiger partial charge in [-0.1, -0.05) is 12.5 Å². The summed E-state index contributed by atoms with van der Waals surface area (Å²) < 4.78 is 13.0. The Hall–Kier alpha value is -3.58. The van der Waals surface area contributed by atoms with Gasteiger partial charge in [0.1, 0.15) is 18.1 Å². The van der Waals surface area contributed by atoms with E-state index in [-0.39, 0.29) is 0 Å². The van der Waals surface area contributed by atoms with Gasteiger partial charge in [-0.05, 0) is 86.6 Å². The number of aromatic nitrogens is 3. The van der Waals surface area contributed by atoms with Crippen LogP contribution in [0.3, 0.4) is 0 Å². The topological polar surface area (TPSA) is 63.9 Å². The van der Waals surface area contributed by atoms with E-state index in [0.717, 1.165) is 47.2 Å². The van der Waals surface area contributed by atoms with E-state index in [1.54, 1.807) is 7.11 Å². The van der Waals surface area contributed by atoms with Crippen molar-refractivity contribution in [3.63, 3.8) is 0 Å². The fourth-order valence-electron chi connectivity index (χ4n) is 4.18. The first-order chi connectivity index (χ1) is 16.3. The Morgan fingerprint density at radius 2 is 1.64 bits per heavy atom. The Balaban J connectivity index is 1.24. The summed E-state index contributed by atoms with van der Waals surface area (Å²) in [6.45, 7) is 4.09. The van der Waals surface area contributed by atoms with Crippen LogP contribution >= 0.6 is 0 Å². The lowest BCUT2D eigenvalue weighted by atomic mass is 10.1. The van der Waals surface area contributed by atoms with Gasteiger partial charge in [-0.25, -0.2) is 4.52 Å². The van der Waals surface area contributed by atoms with Gasteiger partial charge in [-0.15, -0.1) is 5.10 Å². The van der Waals surface area contributed by atoms with E-state index in [1.807, 2.05) is 71.2 Å². The number of nitrogens with one attached hydrogen (secondary N) is 1. The zero-order valence-corrected chi connectivity index (χ0v) is 18.9. The van der Waals surface area contributed by atoms with Crippen LogP contribution in [0.1, 0.15) is 19.3 Å². The highest BCUT2D eigenvalue weighted by molar-refractivity contribution is 5.65. The average molecular weight is 444 g/mol. The highest BCUT2D eigenvalue weighted by atomic mass is 16.5. The van der Waals surface area contributed by atoms with Gasteiger partial charge in [-0.2, -0.15) is 4.98 Å². The van der Waals surface area contributed by atoms with Crippen LogP contribution in [0.25, 0.3) is 16.9 Å². The number of likely N-dealkylation sites (tertiary alicyclic amines) is 1. The predicted octanol–water partition coefficient (Wildman–Crippen LogP) is 5.01. The van der Waals surface area contributed by atoms with Crippen molar-refractivity contribution in [3.05, 3.63) is 66.7 Å². The molecule has 2 aromatic heterocycles. The number of piperidine rings is 1. The van der Waals surface area contributed by atoms with Crippen molar-refractivity contribution in [2.45, 2.75) is 19.3 Å². The van der Waals surface area contributed by atoms with Crippen LogP contribution in [0.2, 0.25) is 0 Å². The number of pyridine rings is 1. The second kappa shape index (κ2) is 9.92. The van der Waals surface area contributed by atoms with Crippen LogP contribution in [-0.4, -0.2) is 52.8 Å². The van der Waals surface area contributed by atoms with Gasteiger partial charge in [0, 0.05) is 17.8 Å². The smallest absolute Gasteiger partial charge is 0.247 e. The lowest BCUT2D eigenvalue weighted by molar-refractivity contribution is 0.183. The first kappa shape index (κ1) is 21.3. The number of ether oxygens (including phenoxy) is 2. The molecule has 1 aliphatic heterocycles. The lowest BCUT2D eigenvalue weighted by Gasteiger charge is -2.26. The normalized spacial score (nSPS) is 14.3. The Morgan fingerprint density at radius 3 is 2.39 bits per heavy atom. The van der Waals surface area contributed by atoms with Gasteiger partial charge in [0.25, 0.3) is 0 Å². The van der Waals surface area contributed by atoms with Gasteiger partial charge in [0.15, 0.2) is 5.65 Å². The highest BCUT2D eigenvalue weighted by Crippen LogP contribution is 2.24. The summed E-state index contributed by atoms with van der Waals surface area (Å²) >= 11 is 0. The summed E-state index contributed by atoms with van der Waals surface area (Å²) in [5, 5.41) is 7.98. The molecule has 7 heteroatoms. The van der Waals surface area contributed by atoms with Gasteiger partial charge >= 0.3 is 0 Å². The van der Waals surface area contributed by atoms with Crippen LogP contribution in [0, 0.1) is 0 Å². The average Bonchev–Trinajstić information content (AvgIpc) is 3.28. The van der Waals surface area contributed by atoms with E-state index in [1.165, 1.54) is 32.4 Å². The second-order valence-corrected chi connectivity index (χ2v) is 8.25. The number of nitrogens with zero attached hydrogens (tertiary/aromatic N) is 4. The van der Waals surface area contributed by atoms with Crippen molar-refractivity contribution < 1.29 is 9.47 Å². The maximum Gasteiger partial charge on any atom is 0.247 e. The first-order valence-corrected chi connectivity index (χ1v) is 11.5. The minimum Gasteiger partial charge on any atom is -0.497 e. The molecule has 0 atom stereocenters.